The highest BCUT2D eigenvalue weighted by molar-refractivity contribution is 5.31. The van der Waals surface area contributed by atoms with Gasteiger partial charge in [-0.2, -0.15) is 0 Å². The van der Waals surface area contributed by atoms with Gasteiger partial charge in [0.15, 0.2) is 0 Å². The number of hydrogen-bond acceptors (Lipinski definition) is 3. The standard InChI is InChI=1S/C15H24N2O/c1-12-8-4-5-9-13(12)14(17-16)15(18-2)10-6-3-7-11-15/h4-5,8-9,14,17H,3,6-7,10-11,16H2,1-2H3. The van der Waals surface area contributed by atoms with Gasteiger partial charge in [-0.05, 0) is 30.9 Å². The maximum absolute atomic E-state index is 5.90. The van der Waals surface area contributed by atoms with Crippen LogP contribution in [0.2, 0.25) is 0 Å². The van der Waals surface area contributed by atoms with Crippen LogP contribution < -0.4 is 11.3 Å². The lowest BCUT2D eigenvalue weighted by atomic mass is 9.76. The fourth-order valence-corrected chi connectivity index (χ4v) is 3.20. The van der Waals surface area contributed by atoms with Gasteiger partial charge in [-0.15, -0.1) is 0 Å². The van der Waals surface area contributed by atoms with Crippen LogP contribution in [0.25, 0.3) is 0 Å². The lowest BCUT2D eigenvalue weighted by Crippen LogP contribution is -2.49. The molecule has 0 saturated heterocycles. The van der Waals surface area contributed by atoms with Crippen molar-refractivity contribution in [2.24, 2.45) is 5.84 Å². The van der Waals surface area contributed by atoms with E-state index in [9.17, 15) is 0 Å². The first-order chi connectivity index (χ1) is 8.73. The van der Waals surface area contributed by atoms with Gasteiger partial charge in [-0.1, -0.05) is 43.5 Å². The first-order valence-electron chi connectivity index (χ1n) is 6.80. The fourth-order valence-electron chi connectivity index (χ4n) is 3.20. The first kappa shape index (κ1) is 13.5. The van der Waals surface area contributed by atoms with Gasteiger partial charge < -0.3 is 4.74 Å². The van der Waals surface area contributed by atoms with E-state index in [-0.39, 0.29) is 11.6 Å². The summed E-state index contributed by atoms with van der Waals surface area (Å²) in [5.41, 5.74) is 5.36. The van der Waals surface area contributed by atoms with Crippen LogP contribution in [0, 0.1) is 6.92 Å². The van der Waals surface area contributed by atoms with E-state index < -0.39 is 0 Å². The number of hydrazine groups is 1. The highest BCUT2D eigenvalue weighted by Crippen LogP contribution is 2.41. The van der Waals surface area contributed by atoms with E-state index in [0.717, 1.165) is 12.8 Å². The molecule has 0 aromatic heterocycles. The van der Waals surface area contributed by atoms with E-state index >= 15 is 0 Å². The van der Waals surface area contributed by atoms with Crippen LogP contribution in [-0.4, -0.2) is 12.7 Å². The minimum absolute atomic E-state index is 0.0731. The van der Waals surface area contributed by atoms with Crippen LogP contribution >= 0.6 is 0 Å². The summed E-state index contributed by atoms with van der Waals surface area (Å²) >= 11 is 0. The minimum Gasteiger partial charge on any atom is -0.376 e. The fraction of sp³-hybridized carbons (Fsp3) is 0.600. The number of aryl methyl sites for hydroxylation is 1. The Kier molecular flexibility index (Phi) is 4.38. The predicted octanol–water partition coefficient (Wildman–Crippen LogP) is 2.85. The number of ether oxygens (including phenoxy) is 1. The Balaban J connectivity index is 2.34. The molecule has 18 heavy (non-hydrogen) atoms. The molecule has 3 heteroatoms. The molecule has 0 heterocycles. The van der Waals surface area contributed by atoms with E-state index in [4.69, 9.17) is 10.6 Å². The van der Waals surface area contributed by atoms with E-state index in [1.54, 1.807) is 0 Å². The number of methoxy groups -OCH3 is 1. The van der Waals surface area contributed by atoms with Crippen molar-refractivity contribution in [3.63, 3.8) is 0 Å². The second-order valence-corrected chi connectivity index (χ2v) is 5.29. The molecule has 1 atom stereocenters. The topological polar surface area (TPSA) is 47.3 Å². The van der Waals surface area contributed by atoms with Gasteiger partial charge in [-0.25, -0.2) is 0 Å². The molecule has 0 radical (unpaired) electrons. The van der Waals surface area contributed by atoms with Crippen LogP contribution in [0.5, 0.6) is 0 Å². The molecule has 0 spiro atoms. The predicted molar refractivity (Wildman–Crippen MR) is 74.1 cm³/mol. The number of nitrogens with one attached hydrogen (secondary N) is 1. The zero-order chi connectivity index (χ0) is 13.0. The zero-order valence-electron chi connectivity index (χ0n) is 11.4. The second kappa shape index (κ2) is 5.83. The molecule has 3 N–H and O–H groups in total. The monoisotopic (exact) mass is 248 g/mol. The molecule has 2 rings (SSSR count). The maximum Gasteiger partial charge on any atom is 0.0885 e. The highest BCUT2D eigenvalue weighted by atomic mass is 16.5. The molecule has 1 unspecified atom stereocenters. The summed E-state index contributed by atoms with van der Waals surface area (Å²) in [6.45, 7) is 2.13. The van der Waals surface area contributed by atoms with Crippen LogP contribution in [0.3, 0.4) is 0 Å². The average molecular weight is 248 g/mol. The van der Waals surface area contributed by atoms with Crippen molar-refractivity contribution in [1.82, 2.24) is 5.43 Å². The zero-order valence-corrected chi connectivity index (χ0v) is 11.4. The van der Waals surface area contributed by atoms with Gasteiger partial charge in [-0.3, -0.25) is 11.3 Å². The Morgan fingerprint density at radius 1 is 1.22 bits per heavy atom. The third kappa shape index (κ3) is 2.44. The van der Waals surface area contributed by atoms with Crippen LogP contribution in [0.15, 0.2) is 24.3 Å². The number of hydrogen-bond donors (Lipinski definition) is 2. The van der Waals surface area contributed by atoms with Gasteiger partial charge in [0.05, 0.1) is 11.6 Å². The third-order valence-electron chi connectivity index (χ3n) is 4.30. The van der Waals surface area contributed by atoms with E-state index in [1.807, 2.05) is 7.11 Å². The van der Waals surface area contributed by atoms with Crippen molar-refractivity contribution >= 4 is 0 Å². The quantitative estimate of drug-likeness (QED) is 0.636. The van der Waals surface area contributed by atoms with Gasteiger partial charge in [0.1, 0.15) is 0 Å². The summed E-state index contributed by atoms with van der Waals surface area (Å²) in [6, 6.07) is 8.48. The Labute approximate surface area is 110 Å². The Bertz CT molecular complexity index is 386. The highest BCUT2D eigenvalue weighted by Gasteiger charge is 2.40. The Morgan fingerprint density at radius 3 is 2.44 bits per heavy atom. The molecule has 1 aliphatic carbocycles. The summed E-state index contributed by atoms with van der Waals surface area (Å²) in [5, 5.41) is 0. The van der Waals surface area contributed by atoms with E-state index in [2.05, 4.69) is 36.6 Å². The van der Waals surface area contributed by atoms with Crippen molar-refractivity contribution in [2.75, 3.05) is 7.11 Å². The van der Waals surface area contributed by atoms with Gasteiger partial charge in [0.25, 0.3) is 0 Å². The summed E-state index contributed by atoms with van der Waals surface area (Å²) in [5.74, 6) is 5.84. The smallest absolute Gasteiger partial charge is 0.0885 e. The van der Waals surface area contributed by atoms with Crippen LogP contribution in [0.4, 0.5) is 0 Å². The molecule has 100 valence electrons. The lowest BCUT2D eigenvalue weighted by Gasteiger charge is -2.42. The normalized spacial score (nSPS) is 20.6. The van der Waals surface area contributed by atoms with E-state index in [1.165, 1.54) is 30.4 Å². The van der Waals surface area contributed by atoms with Crippen molar-refractivity contribution in [3.05, 3.63) is 35.4 Å². The first-order valence-corrected chi connectivity index (χ1v) is 6.80. The molecular weight excluding hydrogens is 224 g/mol. The minimum atomic E-state index is -0.154. The SMILES string of the molecule is COC1(C(NN)c2ccccc2C)CCCCC1. The van der Waals surface area contributed by atoms with Gasteiger partial charge in [0, 0.05) is 7.11 Å². The molecule has 1 fully saturated rings. The van der Waals surface area contributed by atoms with Crippen LogP contribution in [-0.2, 0) is 4.74 Å². The van der Waals surface area contributed by atoms with Crippen molar-refractivity contribution in [3.8, 4) is 0 Å². The molecule has 0 bridgehead atoms. The van der Waals surface area contributed by atoms with Crippen LogP contribution in [0.1, 0.15) is 49.3 Å². The maximum atomic E-state index is 5.90. The number of rotatable bonds is 4. The van der Waals surface area contributed by atoms with Gasteiger partial charge in [0.2, 0.25) is 0 Å². The lowest BCUT2D eigenvalue weighted by molar-refractivity contribution is -0.0690. The Morgan fingerprint density at radius 2 is 1.89 bits per heavy atom. The van der Waals surface area contributed by atoms with E-state index in [0.29, 0.717) is 0 Å². The molecule has 0 amide bonds. The third-order valence-corrected chi connectivity index (χ3v) is 4.30. The average Bonchev–Trinajstić information content (AvgIpc) is 2.43. The summed E-state index contributed by atoms with van der Waals surface area (Å²) in [6.07, 6.45) is 5.89. The molecule has 1 aliphatic rings. The molecule has 1 saturated carbocycles. The van der Waals surface area contributed by atoms with Crippen molar-refractivity contribution in [2.45, 2.75) is 50.7 Å². The Hall–Kier alpha value is -0.900. The number of benzene rings is 1. The summed E-state index contributed by atoms with van der Waals surface area (Å²) in [4.78, 5) is 0. The van der Waals surface area contributed by atoms with Gasteiger partial charge >= 0.3 is 0 Å². The molecule has 1 aromatic carbocycles. The molecular formula is C15H24N2O. The largest absolute Gasteiger partial charge is 0.376 e. The summed E-state index contributed by atoms with van der Waals surface area (Å²) in [7, 11) is 1.81. The molecule has 0 aliphatic heterocycles. The summed E-state index contributed by atoms with van der Waals surface area (Å²) < 4.78 is 5.90. The van der Waals surface area contributed by atoms with Crippen molar-refractivity contribution in [1.29, 1.82) is 0 Å². The second-order valence-electron chi connectivity index (χ2n) is 5.29. The molecule has 3 nitrogen and oxygen atoms in total. The molecule has 1 aromatic rings. The number of nitrogens with two attached hydrogens (primary N) is 1. The van der Waals surface area contributed by atoms with Crippen molar-refractivity contribution < 1.29 is 4.74 Å².